The van der Waals surface area contributed by atoms with Crippen LogP contribution in [0.4, 0.5) is 4.39 Å². The van der Waals surface area contributed by atoms with Crippen molar-refractivity contribution >= 4 is 5.91 Å². The van der Waals surface area contributed by atoms with Gasteiger partial charge in [-0.15, -0.1) is 5.10 Å². The van der Waals surface area contributed by atoms with E-state index in [0.29, 0.717) is 17.0 Å². The molecule has 1 amide bonds. The number of nitrogens with zero attached hydrogens (tertiary/aromatic N) is 3. The van der Waals surface area contributed by atoms with E-state index >= 15 is 0 Å². The molecule has 5 nitrogen and oxygen atoms in total. The van der Waals surface area contributed by atoms with Crippen LogP contribution in [0.3, 0.4) is 0 Å². The van der Waals surface area contributed by atoms with Gasteiger partial charge in [0, 0.05) is 12.5 Å². The SMILES string of the molecule is O=C(NCC1(C2CC2)CCC1)c1nnn(-c2ccc(F)cc2)c1C1CC1. The predicted octanol–water partition coefficient (Wildman–Crippen LogP) is 3.59. The molecule has 6 heteroatoms. The first-order valence-electron chi connectivity index (χ1n) is 9.66. The van der Waals surface area contributed by atoms with Crippen molar-refractivity contribution in [1.82, 2.24) is 20.3 Å². The van der Waals surface area contributed by atoms with Crippen LogP contribution in [-0.2, 0) is 0 Å². The van der Waals surface area contributed by atoms with Gasteiger partial charge < -0.3 is 5.32 Å². The van der Waals surface area contributed by atoms with Gasteiger partial charge in [0.1, 0.15) is 5.82 Å². The summed E-state index contributed by atoms with van der Waals surface area (Å²) in [7, 11) is 0. The monoisotopic (exact) mass is 354 g/mol. The Hall–Kier alpha value is -2.24. The minimum atomic E-state index is -0.286. The second kappa shape index (κ2) is 5.89. The van der Waals surface area contributed by atoms with E-state index in [1.165, 1.54) is 44.2 Å². The van der Waals surface area contributed by atoms with Gasteiger partial charge in [-0.3, -0.25) is 4.79 Å². The standard InChI is InChI=1S/C20H23FN4O/c21-15-6-8-16(9-7-15)25-18(13-2-3-13)17(23-24-25)19(26)22-12-20(10-1-11-20)14-4-5-14/h6-9,13-14H,1-5,10-12H2,(H,22,26). The lowest BCUT2D eigenvalue weighted by molar-refractivity contribution is 0.0777. The molecule has 2 aromatic rings. The van der Waals surface area contributed by atoms with Gasteiger partial charge in [-0.1, -0.05) is 11.6 Å². The van der Waals surface area contributed by atoms with Crippen LogP contribution in [0.2, 0.25) is 0 Å². The molecule has 1 aromatic carbocycles. The summed E-state index contributed by atoms with van der Waals surface area (Å²) in [6, 6.07) is 6.16. The fourth-order valence-corrected chi connectivity index (χ4v) is 4.34. The van der Waals surface area contributed by atoms with E-state index in [1.54, 1.807) is 16.8 Å². The van der Waals surface area contributed by atoms with Crippen molar-refractivity contribution < 1.29 is 9.18 Å². The largest absolute Gasteiger partial charge is 0.350 e. The van der Waals surface area contributed by atoms with Crippen LogP contribution in [0.25, 0.3) is 5.69 Å². The molecular weight excluding hydrogens is 331 g/mol. The Labute approximate surface area is 152 Å². The number of rotatable bonds is 6. The Morgan fingerprint density at radius 1 is 1.19 bits per heavy atom. The number of nitrogens with one attached hydrogen (secondary N) is 1. The van der Waals surface area contributed by atoms with Crippen LogP contribution >= 0.6 is 0 Å². The Morgan fingerprint density at radius 3 is 2.50 bits per heavy atom. The lowest BCUT2D eigenvalue weighted by Gasteiger charge is -2.42. The summed E-state index contributed by atoms with van der Waals surface area (Å²) >= 11 is 0. The number of benzene rings is 1. The zero-order chi connectivity index (χ0) is 17.7. The molecule has 136 valence electrons. The lowest BCUT2D eigenvalue weighted by Crippen LogP contribution is -2.44. The molecular formula is C20H23FN4O. The molecule has 26 heavy (non-hydrogen) atoms. The van der Waals surface area contributed by atoms with Gasteiger partial charge in [0.2, 0.25) is 0 Å². The van der Waals surface area contributed by atoms with Crippen LogP contribution in [0.1, 0.15) is 67.0 Å². The topological polar surface area (TPSA) is 59.8 Å². The van der Waals surface area contributed by atoms with E-state index in [1.807, 2.05) is 0 Å². The highest BCUT2D eigenvalue weighted by atomic mass is 19.1. The van der Waals surface area contributed by atoms with Gasteiger partial charge in [0.05, 0.1) is 11.4 Å². The molecule has 0 atom stereocenters. The quantitative estimate of drug-likeness (QED) is 0.862. The fraction of sp³-hybridized carbons (Fsp3) is 0.550. The minimum absolute atomic E-state index is 0.118. The van der Waals surface area contributed by atoms with Crippen molar-refractivity contribution in [1.29, 1.82) is 0 Å². The van der Waals surface area contributed by atoms with Crippen LogP contribution in [0.5, 0.6) is 0 Å². The summed E-state index contributed by atoms with van der Waals surface area (Å²) in [6.07, 6.45) is 8.45. The van der Waals surface area contributed by atoms with E-state index in [0.717, 1.165) is 36.7 Å². The minimum Gasteiger partial charge on any atom is -0.350 e. The first kappa shape index (κ1) is 16.0. The maximum Gasteiger partial charge on any atom is 0.273 e. The summed E-state index contributed by atoms with van der Waals surface area (Å²) in [5.74, 6) is 0.712. The van der Waals surface area contributed by atoms with Gasteiger partial charge in [-0.2, -0.15) is 0 Å². The number of carbonyl (C=O) groups is 1. The summed E-state index contributed by atoms with van der Waals surface area (Å²) in [4.78, 5) is 12.8. The van der Waals surface area contributed by atoms with Crippen LogP contribution < -0.4 is 5.32 Å². The molecule has 0 bridgehead atoms. The van der Waals surface area contributed by atoms with Crippen LogP contribution in [0, 0.1) is 17.2 Å². The fourth-order valence-electron chi connectivity index (χ4n) is 4.34. The number of amides is 1. The summed E-state index contributed by atoms with van der Waals surface area (Å²) in [6.45, 7) is 0.754. The Morgan fingerprint density at radius 2 is 1.92 bits per heavy atom. The maximum atomic E-state index is 13.2. The highest BCUT2D eigenvalue weighted by molar-refractivity contribution is 5.93. The first-order valence-corrected chi connectivity index (χ1v) is 9.66. The van der Waals surface area contributed by atoms with Crippen molar-refractivity contribution in [3.8, 4) is 5.69 Å². The van der Waals surface area contributed by atoms with E-state index in [2.05, 4.69) is 15.6 Å². The maximum absolute atomic E-state index is 13.2. The second-order valence-corrected chi connectivity index (χ2v) is 8.16. The Bertz CT molecular complexity index is 832. The Balaban J connectivity index is 1.38. The third-order valence-corrected chi connectivity index (χ3v) is 6.35. The average molecular weight is 354 g/mol. The van der Waals surface area contributed by atoms with E-state index in [4.69, 9.17) is 0 Å². The summed E-state index contributed by atoms with van der Waals surface area (Å²) in [5, 5.41) is 11.5. The molecule has 3 aliphatic carbocycles. The smallest absolute Gasteiger partial charge is 0.273 e. The molecule has 0 spiro atoms. The van der Waals surface area contributed by atoms with E-state index in [9.17, 15) is 9.18 Å². The van der Waals surface area contributed by atoms with Gasteiger partial charge >= 0.3 is 0 Å². The average Bonchev–Trinajstić information content (AvgIpc) is 3.53. The molecule has 0 saturated heterocycles. The third-order valence-electron chi connectivity index (χ3n) is 6.35. The van der Waals surface area contributed by atoms with Crippen LogP contribution in [-0.4, -0.2) is 27.4 Å². The van der Waals surface area contributed by atoms with E-state index < -0.39 is 0 Å². The molecule has 1 N–H and O–H groups in total. The van der Waals surface area contributed by atoms with Gasteiger partial charge in [0.15, 0.2) is 5.69 Å². The molecule has 0 aliphatic heterocycles. The van der Waals surface area contributed by atoms with Gasteiger partial charge in [-0.25, -0.2) is 9.07 Å². The molecule has 0 radical (unpaired) electrons. The Kier molecular flexibility index (Phi) is 3.62. The van der Waals surface area contributed by atoms with Crippen molar-refractivity contribution in [2.45, 2.75) is 50.9 Å². The zero-order valence-electron chi connectivity index (χ0n) is 14.7. The van der Waals surface area contributed by atoms with Crippen molar-refractivity contribution in [2.24, 2.45) is 11.3 Å². The van der Waals surface area contributed by atoms with Crippen molar-refractivity contribution in [3.05, 3.63) is 41.5 Å². The van der Waals surface area contributed by atoms with E-state index in [-0.39, 0.29) is 11.7 Å². The second-order valence-electron chi connectivity index (χ2n) is 8.16. The van der Waals surface area contributed by atoms with Gasteiger partial charge in [-0.05, 0) is 74.1 Å². The van der Waals surface area contributed by atoms with Crippen LogP contribution in [0.15, 0.2) is 24.3 Å². The number of carbonyl (C=O) groups excluding carboxylic acids is 1. The molecule has 5 rings (SSSR count). The predicted molar refractivity (Wildman–Crippen MR) is 94.6 cm³/mol. The van der Waals surface area contributed by atoms with Crippen molar-refractivity contribution in [3.63, 3.8) is 0 Å². The summed E-state index contributed by atoms with van der Waals surface area (Å²) in [5.41, 5.74) is 2.38. The number of hydrogen-bond donors (Lipinski definition) is 1. The molecule has 0 unspecified atom stereocenters. The zero-order valence-corrected chi connectivity index (χ0v) is 14.7. The number of aromatic nitrogens is 3. The lowest BCUT2D eigenvalue weighted by atomic mass is 9.65. The summed E-state index contributed by atoms with van der Waals surface area (Å²) < 4.78 is 14.9. The molecule has 3 fully saturated rings. The number of hydrogen-bond acceptors (Lipinski definition) is 3. The first-order chi connectivity index (χ1) is 12.7. The molecule has 1 heterocycles. The highest BCUT2D eigenvalue weighted by Crippen LogP contribution is 2.56. The molecule has 3 saturated carbocycles. The molecule has 3 aliphatic rings. The third kappa shape index (κ3) is 2.72. The van der Waals surface area contributed by atoms with Crippen molar-refractivity contribution in [2.75, 3.05) is 6.54 Å². The highest BCUT2D eigenvalue weighted by Gasteiger charge is 2.49. The molecule has 1 aromatic heterocycles. The number of halogens is 1. The normalized spacial score (nSPS) is 21.3. The van der Waals surface area contributed by atoms with Gasteiger partial charge in [0.25, 0.3) is 5.91 Å².